The van der Waals surface area contributed by atoms with Crippen LogP contribution in [0, 0.1) is 12.8 Å². The number of nitrogens with one attached hydrogen (secondary N) is 2. The Balaban J connectivity index is 1.65. The highest BCUT2D eigenvalue weighted by Crippen LogP contribution is 2.39. The number of fused-ring (bicyclic) bond motifs is 4. The second-order valence-corrected chi connectivity index (χ2v) is 11.0. The Labute approximate surface area is 200 Å². The van der Waals surface area contributed by atoms with Crippen LogP contribution in [0.2, 0.25) is 0 Å². The van der Waals surface area contributed by atoms with Crippen molar-refractivity contribution in [1.29, 1.82) is 0 Å². The van der Waals surface area contributed by atoms with Crippen LogP contribution in [-0.2, 0) is 16.8 Å². The number of para-hydroxylation sites is 1. The van der Waals surface area contributed by atoms with E-state index in [1.165, 1.54) is 11.4 Å². The summed E-state index contributed by atoms with van der Waals surface area (Å²) in [5.74, 6) is 0.547. The van der Waals surface area contributed by atoms with Gasteiger partial charge in [-0.1, -0.05) is 18.2 Å². The maximum absolute atomic E-state index is 12.9. The van der Waals surface area contributed by atoms with Gasteiger partial charge in [-0.3, -0.25) is 4.79 Å². The van der Waals surface area contributed by atoms with Crippen LogP contribution in [0.5, 0.6) is 5.75 Å². The first kappa shape index (κ1) is 22.9. The van der Waals surface area contributed by atoms with Gasteiger partial charge < -0.3 is 14.6 Å². The molecule has 2 aliphatic rings. The fraction of sp³-hybridized carbons (Fsp3) is 0.400. The van der Waals surface area contributed by atoms with Crippen LogP contribution in [0.3, 0.4) is 0 Å². The molecular weight excluding hydrogens is 452 g/mol. The Hall–Kier alpha value is -2.88. The van der Waals surface area contributed by atoms with Crippen LogP contribution in [0.25, 0.3) is 22.2 Å². The van der Waals surface area contributed by atoms with Gasteiger partial charge in [-0.05, 0) is 62.7 Å². The largest absolute Gasteiger partial charge is 0.492 e. The zero-order valence-corrected chi connectivity index (χ0v) is 20.3. The molecule has 180 valence electrons. The first-order valence-corrected chi connectivity index (χ1v) is 13.1. The molecule has 2 N–H and O–H groups in total. The summed E-state index contributed by atoms with van der Waals surface area (Å²) < 4.78 is 37.3. The van der Waals surface area contributed by atoms with E-state index in [-0.39, 0.29) is 5.92 Å². The lowest BCUT2D eigenvalue weighted by atomic mass is 10.0. The van der Waals surface area contributed by atoms with Crippen LogP contribution in [-0.4, -0.2) is 56.5 Å². The van der Waals surface area contributed by atoms with Crippen molar-refractivity contribution in [2.45, 2.75) is 26.3 Å². The van der Waals surface area contributed by atoms with Crippen LogP contribution >= 0.6 is 0 Å². The molecule has 0 saturated heterocycles. The molecule has 5 rings (SSSR count). The Bertz CT molecular complexity index is 1350. The Morgan fingerprint density at radius 1 is 1.12 bits per heavy atom. The van der Waals surface area contributed by atoms with Crippen molar-refractivity contribution in [2.75, 3.05) is 33.3 Å². The molecule has 0 fully saturated rings. The summed E-state index contributed by atoms with van der Waals surface area (Å²) in [6.45, 7) is 5.26. The number of aromatic nitrogens is 1. The zero-order valence-electron chi connectivity index (χ0n) is 19.5. The van der Waals surface area contributed by atoms with Crippen LogP contribution in [0.4, 0.5) is 0 Å². The van der Waals surface area contributed by atoms with Gasteiger partial charge in [-0.2, -0.15) is 12.7 Å². The average Bonchev–Trinajstić information content (AvgIpc) is 3.14. The minimum absolute atomic E-state index is 0.281. The minimum atomic E-state index is -3.91. The summed E-state index contributed by atoms with van der Waals surface area (Å²) in [6, 6.07) is 13.6. The molecule has 2 aliphatic heterocycles. The molecule has 2 aromatic carbocycles. The Morgan fingerprint density at radius 3 is 2.82 bits per heavy atom. The first-order chi connectivity index (χ1) is 16.3. The summed E-state index contributed by atoms with van der Waals surface area (Å²) in [6.07, 6.45) is 1.58. The standard InChI is InChI=1S/C25H30N4O4S/c1-17-5-3-6-21-23-13-19-7-8-20-14-22(19)29(23)15-18(16-33-24(17)21)9-11-26-10-4-12-28(2)34(31,32)27-25(20)30/h3,5-8,13-14,18,26H,4,9-12,15-16H2,1-2H3,(H,27,30). The third-order valence-electron chi connectivity index (χ3n) is 6.75. The number of ether oxygens (including phenoxy) is 1. The van der Waals surface area contributed by atoms with Crippen molar-refractivity contribution >= 4 is 27.0 Å². The van der Waals surface area contributed by atoms with Gasteiger partial charge in [0.2, 0.25) is 0 Å². The maximum atomic E-state index is 12.9. The van der Waals surface area contributed by atoms with Gasteiger partial charge in [-0.25, -0.2) is 4.72 Å². The molecule has 1 amide bonds. The van der Waals surface area contributed by atoms with Crippen molar-refractivity contribution < 1.29 is 17.9 Å². The molecule has 0 aliphatic carbocycles. The van der Waals surface area contributed by atoms with Crippen LogP contribution in [0.1, 0.15) is 28.8 Å². The summed E-state index contributed by atoms with van der Waals surface area (Å²) in [5.41, 5.74) is 4.38. The number of benzene rings is 2. The third kappa shape index (κ3) is 4.31. The SMILES string of the molecule is Cc1cccc2c1OCC1CCNCCCN(C)S(=O)(=O)NC(=O)c3ccc4cc-2n(c4c3)C1. The predicted octanol–water partition coefficient (Wildman–Crippen LogP) is 2.92. The second-order valence-electron chi connectivity index (χ2n) is 9.19. The highest BCUT2D eigenvalue weighted by molar-refractivity contribution is 7.87. The summed E-state index contributed by atoms with van der Waals surface area (Å²) >= 11 is 0. The summed E-state index contributed by atoms with van der Waals surface area (Å²) in [7, 11) is -2.43. The van der Waals surface area contributed by atoms with Gasteiger partial charge in [0.25, 0.3) is 5.91 Å². The van der Waals surface area contributed by atoms with Crippen molar-refractivity contribution in [3.8, 4) is 17.0 Å². The summed E-state index contributed by atoms with van der Waals surface area (Å²) in [4.78, 5) is 12.9. The first-order valence-electron chi connectivity index (χ1n) is 11.7. The van der Waals surface area contributed by atoms with Crippen molar-refractivity contribution in [1.82, 2.24) is 18.9 Å². The number of carbonyl (C=O) groups is 1. The molecule has 3 aromatic rings. The lowest BCUT2D eigenvalue weighted by molar-refractivity contribution is 0.0979. The minimum Gasteiger partial charge on any atom is -0.492 e. The number of carbonyl (C=O) groups excluding carboxylic acids is 1. The molecule has 3 heterocycles. The molecule has 8 nitrogen and oxygen atoms in total. The number of nitrogens with zero attached hydrogens (tertiary/aromatic N) is 2. The van der Waals surface area contributed by atoms with Crippen LogP contribution < -0.4 is 14.8 Å². The van der Waals surface area contributed by atoms with E-state index in [0.717, 1.165) is 53.0 Å². The molecular formula is C25H30N4O4S. The van der Waals surface area contributed by atoms with Gasteiger partial charge in [0.05, 0.1) is 12.3 Å². The molecule has 0 spiro atoms. The molecule has 0 radical (unpaired) electrons. The van der Waals surface area contributed by atoms with Crippen molar-refractivity contribution in [3.05, 3.63) is 53.6 Å². The molecule has 4 bridgehead atoms. The normalized spacial score (nSPS) is 21.5. The molecule has 0 saturated carbocycles. The number of amides is 1. The molecule has 1 atom stereocenters. The van der Waals surface area contributed by atoms with Gasteiger partial charge >= 0.3 is 10.2 Å². The molecule has 1 aromatic heterocycles. The van der Waals surface area contributed by atoms with E-state index in [9.17, 15) is 13.2 Å². The van der Waals surface area contributed by atoms with E-state index in [2.05, 4.69) is 39.7 Å². The van der Waals surface area contributed by atoms with Gasteiger partial charge in [0.1, 0.15) is 5.75 Å². The van der Waals surface area contributed by atoms with Crippen molar-refractivity contribution in [2.24, 2.45) is 5.92 Å². The number of rotatable bonds is 0. The highest BCUT2D eigenvalue weighted by Gasteiger charge is 2.25. The molecule has 9 heteroatoms. The Kier molecular flexibility index (Phi) is 6.09. The predicted molar refractivity (Wildman–Crippen MR) is 132 cm³/mol. The topological polar surface area (TPSA) is 92.7 Å². The number of aryl methyl sites for hydroxylation is 1. The lowest BCUT2D eigenvalue weighted by Gasteiger charge is -2.26. The van der Waals surface area contributed by atoms with E-state index in [1.807, 2.05) is 12.1 Å². The molecule has 1 unspecified atom stereocenters. The smallest absolute Gasteiger partial charge is 0.303 e. The number of hydrogen-bond acceptors (Lipinski definition) is 5. The van der Waals surface area contributed by atoms with Gasteiger partial charge in [0, 0.05) is 48.1 Å². The second kappa shape index (κ2) is 9.05. The fourth-order valence-corrected chi connectivity index (χ4v) is 5.66. The van der Waals surface area contributed by atoms with E-state index >= 15 is 0 Å². The number of hydrogen-bond donors (Lipinski definition) is 2. The van der Waals surface area contributed by atoms with Gasteiger partial charge in [-0.15, -0.1) is 0 Å². The van der Waals surface area contributed by atoms with Gasteiger partial charge in [0.15, 0.2) is 0 Å². The fourth-order valence-electron chi connectivity index (χ4n) is 4.78. The lowest BCUT2D eigenvalue weighted by Crippen LogP contribution is -2.42. The van der Waals surface area contributed by atoms with E-state index in [0.29, 0.717) is 31.7 Å². The third-order valence-corrected chi connectivity index (χ3v) is 8.19. The average molecular weight is 483 g/mol. The summed E-state index contributed by atoms with van der Waals surface area (Å²) in [5, 5.41) is 4.43. The molecule has 34 heavy (non-hydrogen) atoms. The Morgan fingerprint density at radius 2 is 1.97 bits per heavy atom. The monoisotopic (exact) mass is 482 g/mol. The quantitative estimate of drug-likeness (QED) is 0.514. The maximum Gasteiger partial charge on any atom is 0.303 e. The van der Waals surface area contributed by atoms with Crippen molar-refractivity contribution in [3.63, 3.8) is 0 Å². The highest BCUT2D eigenvalue weighted by atomic mass is 32.2. The van der Waals surface area contributed by atoms with E-state index < -0.39 is 16.1 Å². The van der Waals surface area contributed by atoms with Crippen LogP contribution in [0.15, 0.2) is 42.5 Å². The zero-order chi connectivity index (χ0) is 23.9. The van der Waals surface area contributed by atoms with E-state index in [4.69, 9.17) is 4.74 Å². The van der Waals surface area contributed by atoms with E-state index in [1.54, 1.807) is 12.1 Å².